The van der Waals surface area contributed by atoms with Gasteiger partial charge >= 0.3 is 0 Å². The summed E-state index contributed by atoms with van der Waals surface area (Å²) in [6, 6.07) is 54.3. The van der Waals surface area contributed by atoms with Gasteiger partial charge in [0.15, 0.2) is 11.6 Å². The van der Waals surface area contributed by atoms with Gasteiger partial charge < -0.3 is 0 Å². The van der Waals surface area contributed by atoms with Crippen molar-refractivity contribution in [1.82, 2.24) is 0 Å². The number of hydrogen-bond donors (Lipinski definition) is 0. The van der Waals surface area contributed by atoms with Gasteiger partial charge in [-0.05, 0) is 237 Å². The molecule has 0 spiro atoms. The summed E-state index contributed by atoms with van der Waals surface area (Å²) in [5.74, 6) is 0.533. The molecule has 0 bridgehead atoms. The van der Waals surface area contributed by atoms with E-state index in [4.69, 9.17) is 0 Å². The highest BCUT2D eigenvalue weighted by molar-refractivity contribution is 7.32. The maximum absolute atomic E-state index is 14.6. The lowest BCUT2D eigenvalue weighted by atomic mass is 9.91. The van der Waals surface area contributed by atoms with Crippen LogP contribution in [0.1, 0.15) is 359 Å². The zero-order chi connectivity index (χ0) is 95.1. The Labute approximate surface area is 852 Å². The highest BCUT2D eigenvalue weighted by atomic mass is 32.1. The van der Waals surface area contributed by atoms with Gasteiger partial charge in [0, 0.05) is 141 Å². The van der Waals surface area contributed by atoms with Gasteiger partial charge in [-0.1, -0.05) is 285 Å². The molecule has 13 aromatic rings. The van der Waals surface area contributed by atoms with Gasteiger partial charge in [-0.2, -0.15) is 21.0 Å². The maximum atomic E-state index is 14.6. The number of benzene rings is 3. The molecule has 0 saturated carbocycles. The minimum absolute atomic E-state index is 0.00245. The summed E-state index contributed by atoms with van der Waals surface area (Å²) in [5.41, 5.74) is 15.2. The third kappa shape index (κ3) is 23.6. The molecule has 3 atom stereocenters. The second-order valence-corrected chi connectivity index (χ2v) is 49.0. The Kier molecular flexibility index (Phi) is 37.7. The van der Waals surface area contributed by atoms with Crippen LogP contribution in [0, 0.1) is 63.1 Å². The third-order valence-corrected chi connectivity index (χ3v) is 40.8. The molecule has 16 heteroatoms. The molecular formula is C120H136N4O2S10. The van der Waals surface area contributed by atoms with Crippen molar-refractivity contribution in [3.05, 3.63) is 213 Å². The SMILES string of the molecule is CCCCCCc1cc(/C=C2\C(=O)c3ccccc3C2=C(C#N)C#N)sc1-c1cc(CCCCCC)c(-c2cc(CCCCCC)c(-c3cc4c(-c5ccc(CC(CC)CCCC)s5)c5sc(-c6sc(-c7sc(-c8sc(CC9C(=O)c%10ccccc%10C9=C(C#N)C#N)cc8CCCCCC)cc7CCCCCC)cc6CCCCCC)cc5c(-c5ccc(CC(CC)CCCC)s5)c4s3)s2)s1. The van der Waals surface area contributed by atoms with Gasteiger partial charge in [-0.25, -0.2) is 0 Å². The molecule has 10 aromatic heterocycles. The summed E-state index contributed by atoms with van der Waals surface area (Å²) in [6.07, 6.45) is 48.4. The minimum Gasteiger partial charge on any atom is -0.293 e. The monoisotopic (exact) mass is 1980 g/mol. The van der Waals surface area contributed by atoms with Gasteiger partial charge in [0.1, 0.15) is 35.4 Å². The highest BCUT2D eigenvalue weighted by Crippen LogP contribution is 2.59. The first kappa shape index (κ1) is 102. The van der Waals surface area contributed by atoms with Crippen LogP contribution < -0.4 is 0 Å². The molecule has 0 radical (unpaired) electrons. The van der Waals surface area contributed by atoms with E-state index in [1.54, 1.807) is 11.3 Å². The van der Waals surface area contributed by atoms with Crippen molar-refractivity contribution in [2.24, 2.45) is 17.8 Å². The largest absolute Gasteiger partial charge is 0.293 e. The molecule has 2 aliphatic carbocycles. The second-order valence-electron chi connectivity index (χ2n) is 38.1. The molecular weight excluding hydrogens is 1850 g/mol. The normalized spacial score (nSPS) is 13.8. The Morgan fingerprint density at radius 1 is 0.331 bits per heavy atom. The Bertz CT molecular complexity index is 6440. The van der Waals surface area contributed by atoms with E-state index in [-0.39, 0.29) is 22.7 Å². The summed E-state index contributed by atoms with van der Waals surface area (Å²) in [4.78, 5) is 53.2. The molecule has 0 N–H and O–H groups in total. The van der Waals surface area contributed by atoms with E-state index in [2.05, 4.69) is 212 Å². The van der Waals surface area contributed by atoms with Crippen LogP contribution in [-0.2, 0) is 57.8 Å². The summed E-state index contributed by atoms with van der Waals surface area (Å²) in [5, 5.41) is 44.4. The molecule has 136 heavy (non-hydrogen) atoms. The first-order chi connectivity index (χ1) is 66.7. The van der Waals surface area contributed by atoms with E-state index >= 15 is 0 Å². The number of carbonyl (C=O) groups is 2. The average molecular weight is 1990 g/mol. The molecule has 2 aliphatic rings. The number of aryl methyl sites for hydroxylation is 6. The van der Waals surface area contributed by atoms with Gasteiger partial charge in [0.05, 0.1) is 5.92 Å². The zero-order valence-electron chi connectivity index (χ0n) is 82.0. The number of allylic oxidation sites excluding steroid dienone is 5. The number of ketones is 2. The molecule has 10 heterocycles. The standard InChI is InChI=1S/C120H136N4O2S10/c1-11-21-29-35-47-79-63-89(69-95-107(85(73-121)74-122)91-53-41-43-55-93(91)111(95)125)129-113(79)101-65-81(49-37-31-23-13-3)115(131-101)103-67-83(51-39-33-25-15-5)117(133-103)105-71-97-109(99-59-57-87(127-99)61-77(19-9)45-27-17-7)120-98(110(119(97)135-105)100-60-58-88(128-100)62-78(20-10)46-28-18-8)72-106(136-120)118-84(52-40-34-26-16-6)68-104(134-118)116-82(50-38-32-24-14-4)66-102(132-116)114-80(48-36-30-22-12-2)64-90(130-114)70-96-108(86(75-123)76-124)92-54-42-44-56-94(92)112(96)126/h41-44,53-60,63-69,71-72,77-78,96H,11-40,45-52,61-62,70H2,1-10H3/b95-69-. The number of nitrogens with zero attached hydrogens (tertiary/aromatic N) is 4. The molecule has 15 rings (SSSR count). The molecule has 0 saturated heterocycles. The van der Waals surface area contributed by atoms with Gasteiger partial charge in [0.2, 0.25) is 0 Å². The lowest BCUT2D eigenvalue weighted by Crippen LogP contribution is -2.12. The van der Waals surface area contributed by atoms with Crippen LogP contribution in [0.2, 0.25) is 0 Å². The number of thiophene rings is 10. The minimum atomic E-state index is -0.600. The number of fused-ring (bicyclic) bond motifs is 4. The molecule has 0 amide bonds. The smallest absolute Gasteiger partial charge is 0.194 e. The van der Waals surface area contributed by atoms with Gasteiger partial charge in [0.25, 0.3) is 0 Å². The predicted molar refractivity (Wildman–Crippen MR) is 598 cm³/mol. The summed E-state index contributed by atoms with van der Waals surface area (Å²) in [6.45, 7) is 23.4. The Morgan fingerprint density at radius 2 is 0.684 bits per heavy atom. The van der Waals surface area contributed by atoms with Crippen LogP contribution in [0.25, 0.3) is 117 Å². The fourth-order valence-corrected chi connectivity index (χ4v) is 33.6. The maximum Gasteiger partial charge on any atom is 0.194 e. The number of rotatable bonds is 53. The van der Waals surface area contributed by atoms with Crippen molar-refractivity contribution in [2.45, 2.75) is 332 Å². The Hall–Kier alpha value is -8.30. The van der Waals surface area contributed by atoms with Crippen molar-refractivity contribution in [3.8, 4) is 104 Å². The number of carbonyl (C=O) groups excluding carboxylic acids is 2. The summed E-state index contributed by atoms with van der Waals surface area (Å²) < 4.78 is 2.80. The average Bonchev–Trinajstić information content (AvgIpc) is 1.53. The second kappa shape index (κ2) is 50.2. The van der Waals surface area contributed by atoms with Crippen LogP contribution >= 0.6 is 113 Å². The molecule has 3 aromatic carbocycles. The summed E-state index contributed by atoms with van der Waals surface area (Å²) >= 11 is 19.9. The molecule has 708 valence electrons. The lowest BCUT2D eigenvalue weighted by Gasteiger charge is -2.13. The lowest BCUT2D eigenvalue weighted by molar-refractivity contribution is 0.0957. The van der Waals surface area contributed by atoms with E-state index in [0.29, 0.717) is 51.7 Å². The van der Waals surface area contributed by atoms with E-state index in [0.717, 1.165) is 131 Å². The van der Waals surface area contributed by atoms with Gasteiger partial charge in [-0.3, -0.25) is 9.59 Å². The van der Waals surface area contributed by atoms with Gasteiger partial charge in [-0.15, -0.1) is 113 Å². The van der Waals surface area contributed by atoms with E-state index in [1.165, 1.54) is 284 Å². The van der Waals surface area contributed by atoms with Crippen molar-refractivity contribution in [1.29, 1.82) is 21.0 Å². The highest BCUT2D eigenvalue weighted by Gasteiger charge is 2.39. The molecule has 6 nitrogen and oxygen atoms in total. The number of Topliss-reactive ketones (excluding diaryl/α,β-unsaturated/α-hetero) is 2. The van der Waals surface area contributed by atoms with Crippen LogP contribution in [-0.4, -0.2) is 11.6 Å². The first-order valence-electron chi connectivity index (χ1n) is 51.7. The number of unbranched alkanes of at least 4 members (excludes halogenated alkanes) is 20. The van der Waals surface area contributed by atoms with E-state index in [9.17, 15) is 30.6 Å². The first-order valence-corrected chi connectivity index (χ1v) is 59.9. The fraction of sp³-hybridized carbons (Fsp3) is 0.450. The van der Waals surface area contributed by atoms with Crippen LogP contribution in [0.4, 0.5) is 0 Å². The number of nitriles is 4. The van der Waals surface area contributed by atoms with E-state index < -0.39 is 5.92 Å². The fourth-order valence-electron chi connectivity index (χ4n) is 20.6. The summed E-state index contributed by atoms with van der Waals surface area (Å²) in [7, 11) is 0. The quantitative estimate of drug-likeness (QED) is 0.0212. The van der Waals surface area contributed by atoms with Crippen LogP contribution in [0.15, 0.2) is 138 Å². The van der Waals surface area contributed by atoms with Crippen molar-refractivity contribution in [2.75, 3.05) is 0 Å². The Balaban J connectivity index is 0.918. The Morgan fingerprint density at radius 3 is 1.07 bits per heavy atom. The third-order valence-electron chi connectivity index (χ3n) is 28.2. The molecule has 3 unspecified atom stereocenters. The number of hydrogen-bond acceptors (Lipinski definition) is 16. The van der Waals surface area contributed by atoms with Crippen molar-refractivity contribution < 1.29 is 9.59 Å². The topological polar surface area (TPSA) is 129 Å². The van der Waals surface area contributed by atoms with E-state index in [1.807, 2.05) is 111 Å². The molecule has 0 aliphatic heterocycles. The van der Waals surface area contributed by atoms with Crippen molar-refractivity contribution in [3.63, 3.8) is 0 Å². The predicted octanol–water partition coefficient (Wildman–Crippen LogP) is 40.1. The van der Waals surface area contributed by atoms with Crippen LogP contribution in [0.5, 0.6) is 0 Å². The van der Waals surface area contributed by atoms with Crippen LogP contribution in [0.3, 0.4) is 0 Å². The molecule has 0 fully saturated rings. The zero-order valence-corrected chi connectivity index (χ0v) is 90.2. The van der Waals surface area contributed by atoms with Crippen molar-refractivity contribution >= 4 is 162 Å².